The fourth-order valence-corrected chi connectivity index (χ4v) is 11.7. The Morgan fingerprint density at radius 2 is 0.551 bits per heavy atom. The van der Waals surface area contributed by atoms with E-state index in [1.807, 2.05) is 0 Å². The molecule has 0 spiro atoms. The van der Waals surface area contributed by atoms with Crippen LogP contribution in [-0.4, -0.2) is 96.7 Å². The lowest BCUT2D eigenvalue weighted by atomic mass is 10.1. The van der Waals surface area contributed by atoms with E-state index in [4.69, 9.17) is 37.0 Å². The number of carbonyl (C=O) groups is 4. The Bertz CT molecular complexity index is 2240. The predicted octanol–water partition coefficient (Wildman–Crippen LogP) is 22.0. The highest BCUT2D eigenvalue weighted by molar-refractivity contribution is 7.47. The molecular weight excluding hydrogens is 1280 g/mol. The summed E-state index contributed by atoms with van der Waals surface area (Å²) in [5.41, 5.74) is 0. The molecule has 0 saturated carbocycles. The van der Waals surface area contributed by atoms with Crippen LogP contribution in [0.2, 0.25) is 0 Å². The van der Waals surface area contributed by atoms with Gasteiger partial charge in [-0.1, -0.05) is 253 Å². The number of phosphoric acid groups is 2. The zero-order chi connectivity index (χ0) is 71.8. The third-order valence-corrected chi connectivity index (χ3v) is 17.9. The SMILES string of the molecule is CC/C=C\C/C=C\C/C=C\CCCCCCCC(=O)OCC(COP(=O)(O)OCC(O)COP(=O)(O)OCC(COC(=O)CCCCCCC/C=C\C/C=C\CCCCC)OC(=O)CCCCCCC/C=C\CCCCCCCC)OC(=O)CCCCCCC/C=C\C/C=C\CCC. The molecule has 0 amide bonds. The van der Waals surface area contributed by atoms with Gasteiger partial charge in [0, 0.05) is 25.7 Å². The van der Waals surface area contributed by atoms with Crippen molar-refractivity contribution >= 4 is 39.5 Å². The van der Waals surface area contributed by atoms with Gasteiger partial charge in [-0.05, 0) is 141 Å². The summed E-state index contributed by atoms with van der Waals surface area (Å²) in [6.07, 6.45) is 73.9. The topological polar surface area (TPSA) is 237 Å². The average Bonchev–Trinajstić information content (AvgIpc) is 0.959. The van der Waals surface area contributed by atoms with Gasteiger partial charge in [-0.25, -0.2) is 9.13 Å². The number of carbonyl (C=O) groups excluding carboxylic acids is 4. The number of hydrogen-bond donors (Lipinski definition) is 3. The molecule has 3 N–H and O–H groups in total. The van der Waals surface area contributed by atoms with Crippen LogP contribution in [0.25, 0.3) is 0 Å². The Balaban J connectivity index is 5.37. The van der Waals surface area contributed by atoms with Gasteiger partial charge in [0.05, 0.1) is 26.4 Å². The summed E-state index contributed by atoms with van der Waals surface area (Å²) in [4.78, 5) is 72.9. The van der Waals surface area contributed by atoms with Crippen molar-refractivity contribution in [2.24, 2.45) is 0 Å². The number of aliphatic hydroxyl groups is 1. The third-order valence-electron chi connectivity index (χ3n) is 16.0. The van der Waals surface area contributed by atoms with Crippen LogP contribution in [0.5, 0.6) is 0 Å². The molecule has 0 fully saturated rings. The highest BCUT2D eigenvalue weighted by Gasteiger charge is 2.30. The van der Waals surface area contributed by atoms with Crippen molar-refractivity contribution in [3.05, 3.63) is 97.2 Å². The molecule has 19 heteroatoms. The maximum atomic E-state index is 13.1. The number of ether oxygens (including phenoxy) is 4. The van der Waals surface area contributed by atoms with E-state index in [2.05, 4.69) is 125 Å². The van der Waals surface area contributed by atoms with Crippen molar-refractivity contribution in [2.75, 3.05) is 39.6 Å². The fourth-order valence-electron chi connectivity index (χ4n) is 10.1. The van der Waals surface area contributed by atoms with Crippen LogP contribution in [0, 0.1) is 0 Å². The van der Waals surface area contributed by atoms with Gasteiger partial charge in [0.25, 0.3) is 0 Å². The molecule has 5 atom stereocenters. The zero-order valence-electron chi connectivity index (χ0n) is 61.7. The highest BCUT2D eigenvalue weighted by Crippen LogP contribution is 2.45. The minimum absolute atomic E-state index is 0.0741. The Morgan fingerprint density at radius 1 is 0.296 bits per heavy atom. The molecule has 98 heavy (non-hydrogen) atoms. The number of allylic oxidation sites excluding steroid dienone is 16. The van der Waals surface area contributed by atoms with Gasteiger partial charge in [0.2, 0.25) is 0 Å². The second-order valence-electron chi connectivity index (χ2n) is 25.6. The second kappa shape index (κ2) is 71.4. The number of hydrogen-bond acceptors (Lipinski definition) is 15. The summed E-state index contributed by atoms with van der Waals surface area (Å²) in [6.45, 7) is 4.63. The monoisotopic (exact) mass is 1420 g/mol. The summed E-state index contributed by atoms with van der Waals surface area (Å²) >= 11 is 0. The molecule has 0 aromatic rings. The van der Waals surface area contributed by atoms with Gasteiger partial charge in [0.1, 0.15) is 19.3 Å². The molecule has 0 rings (SSSR count). The molecular formula is C79H138O17P2. The fraction of sp³-hybridized carbons (Fsp3) is 0.747. The molecule has 17 nitrogen and oxygen atoms in total. The van der Waals surface area contributed by atoms with Gasteiger partial charge < -0.3 is 33.8 Å². The van der Waals surface area contributed by atoms with Crippen LogP contribution < -0.4 is 0 Å². The van der Waals surface area contributed by atoms with E-state index in [9.17, 15) is 43.2 Å². The smallest absolute Gasteiger partial charge is 0.462 e. The van der Waals surface area contributed by atoms with Crippen LogP contribution in [0.4, 0.5) is 0 Å². The number of unbranched alkanes of at least 4 members (excludes halogenated alkanes) is 30. The summed E-state index contributed by atoms with van der Waals surface area (Å²) in [7, 11) is -9.96. The maximum Gasteiger partial charge on any atom is 0.472 e. The molecule has 0 heterocycles. The van der Waals surface area contributed by atoms with Gasteiger partial charge in [-0.3, -0.25) is 37.3 Å². The lowest BCUT2D eigenvalue weighted by Crippen LogP contribution is -2.30. The van der Waals surface area contributed by atoms with E-state index in [0.29, 0.717) is 25.7 Å². The normalized spacial score (nSPS) is 14.5. The average molecular weight is 1420 g/mol. The molecule has 566 valence electrons. The Hall–Kier alpha value is -4.02. The first kappa shape index (κ1) is 94.0. The largest absolute Gasteiger partial charge is 0.472 e. The number of rotatable bonds is 72. The minimum atomic E-state index is -4.98. The molecule has 0 bridgehead atoms. The first-order chi connectivity index (χ1) is 47.7. The molecule has 0 saturated heterocycles. The first-order valence-corrected chi connectivity index (χ1v) is 41.5. The minimum Gasteiger partial charge on any atom is -0.462 e. The first-order valence-electron chi connectivity index (χ1n) is 38.5. The van der Waals surface area contributed by atoms with E-state index < -0.39 is 97.5 Å². The van der Waals surface area contributed by atoms with Crippen molar-refractivity contribution in [3.8, 4) is 0 Å². The van der Waals surface area contributed by atoms with Gasteiger partial charge in [0.15, 0.2) is 12.2 Å². The quantitative estimate of drug-likeness (QED) is 0.0169. The highest BCUT2D eigenvalue weighted by atomic mass is 31.2. The van der Waals surface area contributed by atoms with E-state index in [-0.39, 0.29) is 25.7 Å². The lowest BCUT2D eigenvalue weighted by molar-refractivity contribution is -0.161. The van der Waals surface area contributed by atoms with Gasteiger partial charge in [-0.15, -0.1) is 0 Å². The van der Waals surface area contributed by atoms with Crippen molar-refractivity contribution < 1.29 is 80.2 Å². The summed E-state index contributed by atoms with van der Waals surface area (Å²) in [5.74, 6) is -2.22. The van der Waals surface area contributed by atoms with Crippen LogP contribution in [-0.2, 0) is 65.4 Å². The number of phosphoric ester groups is 2. The lowest BCUT2D eigenvalue weighted by Gasteiger charge is -2.21. The summed E-state index contributed by atoms with van der Waals surface area (Å²) in [6, 6.07) is 0. The molecule has 0 aliphatic heterocycles. The van der Waals surface area contributed by atoms with E-state index in [1.54, 1.807) is 0 Å². The Morgan fingerprint density at radius 3 is 0.888 bits per heavy atom. The van der Waals surface area contributed by atoms with Crippen molar-refractivity contribution in [2.45, 2.75) is 341 Å². The van der Waals surface area contributed by atoms with Crippen molar-refractivity contribution in [1.29, 1.82) is 0 Å². The zero-order valence-corrected chi connectivity index (χ0v) is 63.5. The van der Waals surface area contributed by atoms with E-state index in [0.717, 1.165) is 186 Å². The molecule has 5 unspecified atom stereocenters. The predicted molar refractivity (Wildman–Crippen MR) is 399 cm³/mol. The van der Waals surface area contributed by atoms with Crippen LogP contribution in [0.1, 0.15) is 323 Å². The van der Waals surface area contributed by atoms with E-state index >= 15 is 0 Å². The van der Waals surface area contributed by atoms with Gasteiger partial charge in [-0.2, -0.15) is 0 Å². The van der Waals surface area contributed by atoms with Crippen LogP contribution in [0.3, 0.4) is 0 Å². The molecule has 0 aliphatic carbocycles. The summed E-state index contributed by atoms with van der Waals surface area (Å²) < 4.78 is 68.5. The number of aliphatic hydroxyl groups excluding tert-OH is 1. The van der Waals surface area contributed by atoms with Crippen LogP contribution >= 0.6 is 15.6 Å². The van der Waals surface area contributed by atoms with Crippen molar-refractivity contribution in [3.63, 3.8) is 0 Å². The Labute approximate surface area is 595 Å². The van der Waals surface area contributed by atoms with Crippen LogP contribution in [0.15, 0.2) is 97.2 Å². The molecule has 0 radical (unpaired) electrons. The van der Waals surface area contributed by atoms with E-state index in [1.165, 1.54) is 57.8 Å². The number of esters is 4. The Kier molecular flexibility index (Phi) is 68.4. The standard InChI is InChI=1S/C79H138O17P2/c1-5-9-13-17-21-25-29-33-36-40-43-47-51-55-59-63-76(81)89-69-74(95-78(83)65-61-57-53-49-45-39-32-28-24-20-16-12-8-4)71-93-97(85,86)91-67-73(80)68-92-98(87,88)94-72-75(96-79(84)66-62-58-54-50-46-42-38-35-31-27-23-19-15-11-7-3)70-90-77(82)64-60-56-52-48-44-41-37-34-30-26-22-18-14-10-6-2/h9,13,16,20-22,25-26,28,32-38,73-75,80H,5-8,10-12,14-15,17-19,23-24,27,29-31,39-72H2,1-4H3,(H,85,86)(H,87,88)/b13-9-,20-16-,25-21-,26-22-,32-28-,36-33-,37-34-,38-35-. The maximum absolute atomic E-state index is 13.1. The second-order valence-corrected chi connectivity index (χ2v) is 28.5. The third kappa shape index (κ3) is 70.4. The van der Waals surface area contributed by atoms with Gasteiger partial charge >= 0.3 is 39.5 Å². The molecule has 0 aromatic heterocycles. The summed E-state index contributed by atoms with van der Waals surface area (Å²) in [5, 5.41) is 10.6. The molecule has 0 aromatic carbocycles. The van der Waals surface area contributed by atoms with Crippen molar-refractivity contribution in [1.82, 2.24) is 0 Å². The molecule has 0 aliphatic rings.